The molecule has 36 heavy (non-hydrogen) atoms. The van der Waals surface area contributed by atoms with Crippen LogP contribution in [0.25, 0.3) is 0 Å². The van der Waals surface area contributed by atoms with Gasteiger partial charge in [-0.3, -0.25) is 19.1 Å². The molecular formula is C27H31N5O4. The van der Waals surface area contributed by atoms with Gasteiger partial charge >= 0.3 is 0 Å². The minimum atomic E-state index is -0.786. The van der Waals surface area contributed by atoms with Crippen molar-refractivity contribution in [3.63, 3.8) is 0 Å². The zero-order chi connectivity index (χ0) is 25.7. The molecular weight excluding hydrogens is 458 g/mol. The molecule has 1 aliphatic rings. The largest absolute Gasteiger partial charge is 0.497 e. The third kappa shape index (κ3) is 5.73. The van der Waals surface area contributed by atoms with Crippen LogP contribution in [0.2, 0.25) is 0 Å². The van der Waals surface area contributed by atoms with Gasteiger partial charge in [0.2, 0.25) is 5.91 Å². The van der Waals surface area contributed by atoms with Crippen LogP contribution in [0.5, 0.6) is 5.75 Å². The van der Waals surface area contributed by atoms with Crippen molar-refractivity contribution in [3.05, 3.63) is 77.6 Å². The van der Waals surface area contributed by atoms with Crippen molar-refractivity contribution in [2.45, 2.75) is 39.4 Å². The van der Waals surface area contributed by atoms with Crippen molar-refractivity contribution in [1.82, 2.24) is 20.0 Å². The van der Waals surface area contributed by atoms with Crippen molar-refractivity contribution in [3.8, 4) is 5.75 Å². The number of ether oxygens (including phenoxy) is 1. The number of aryl methyl sites for hydroxylation is 1. The van der Waals surface area contributed by atoms with E-state index in [0.29, 0.717) is 36.8 Å². The van der Waals surface area contributed by atoms with Crippen LogP contribution in [-0.4, -0.2) is 52.1 Å². The maximum atomic E-state index is 13.2. The SMILES string of the molecule is COc1ccc(NC(=O)C(NC(=O)c2cc3n(n2)CCCN(Cc2ccccc2)C3=O)C(C)C)cc1. The summed E-state index contributed by atoms with van der Waals surface area (Å²) >= 11 is 0. The lowest BCUT2D eigenvalue weighted by molar-refractivity contribution is -0.118. The number of methoxy groups -OCH3 is 1. The fraction of sp³-hybridized carbons (Fsp3) is 0.333. The topological polar surface area (TPSA) is 106 Å². The van der Waals surface area contributed by atoms with Crippen LogP contribution >= 0.6 is 0 Å². The summed E-state index contributed by atoms with van der Waals surface area (Å²) in [6, 6.07) is 17.5. The molecule has 1 aromatic heterocycles. The highest BCUT2D eigenvalue weighted by molar-refractivity contribution is 6.02. The Hall–Kier alpha value is -4.14. The Bertz CT molecular complexity index is 1220. The predicted octanol–water partition coefficient (Wildman–Crippen LogP) is 3.33. The lowest BCUT2D eigenvalue weighted by Gasteiger charge is -2.21. The van der Waals surface area contributed by atoms with Gasteiger partial charge in [-0.25, -0.2) is 0 Å². The number of fused-ring (bicyclic) bond motifs is 1. The summed E-state index contributed by atoms with van der Waals surface area (Å²) in [5.41, 5.74) is 2.12. The summed E-state index contributed by atoms with van der Waals surface area (Å²) in [7, 11) is 1.57. The maximum absolute atomic E-state index is 13.2. The van der Waals surface area contributed by atoms with Gasteiger partial charge in [0.1, 0.15) is 17.5 Å². The standard InChI is InChI=1S/C27H31N5O4/c1-18(2)24(26(34)28-20-10-12-21(36-3)13-11-20)29-25(33)22-16-23-27(35)31(14-7-15-32(23)30-22)17-19-8-5-4-6-9-19/h4-6,8-13,16,18,24H,7,14-15,17H2,1-3H3,(H,28,34)(H,29,33). The molecule has 2 heterocycles. The minimum Gasteiger partial charge on any atom is -0.497 e. The van der Waals surface area contributed by atoms with Crippen molar-refractivity contribution < 1.29 is 19.1 Å². The number of aromatic nitrogens is 2. The first kappa shape index (κ1) is 25.0. The predicted molar refractivity (Wildman–Crippen MR) is 136 cm³/mol. The van der Waals surface area contributed by atoms with E-state index in [9.17, 15) is 14.4 Å². The lowest BCUT2D eigenvalue weighted by atomic mass is 10.0. The van der Waals surface area contributed by atoms with Gasteiger partial charge in [-0.1, -0.05) is 44.2 Å². The van der Waals surface area contributed by atoms with Crippen molar-refractivity contribution in [2.75, 3.05) is 19.0 Å². The molecule has 0 radical (unpaired) electrons. The highest BCUT2D eigenvalue weighted by Gasteiger charge is 2.29. The number of rotatable bonds is 8. The minimum absolute atomic E-state index is 0.114. The molecule has 0 aliphatic carbocycles. The average molecular weight is 490 g/mol. The second kappa shape index (κ2) is 11.1. The van der Waals surface area contributed by atoms with E-state index in [-0.39, 0.29) is 23.4 Å². The van der Waals surface area contributed by atoms with Crippen LogP contribution in [0.1, 0.15) is 46.8 Å². The lowest BCUT2D eigenvalue weighted by Crippen LogP contribution is -2.47. The zero-order valence-corrected chi connectivity index (χ0v) is 20.7. The zero-order valence-electron chi connectivity index (χ0n) is 20.7. The van der Waals surface area contributed by atoms with Crippen molar-refractivity contribution in [1.29, 1.82) is 0 Å². The summed E-state index contributed by atoms with van der Waals surface area (Å²) in [4.78, 5) is 41.0. The van der Waals surface area contributed by atoms with Crippen molar-refractivity contribution >= 4 is 23.4 Å². The third-order valence-electron chi connectivity index (χ3n) is 6.13. The molecule has 0 saturated carbocycles. The molecule has 0 bridgehead atoms. The van der Waals surface area contributed by atoms with Crippen LogP contribution in [-0.2, 0) is 17.9 Å². The molecule has 3 aromatic rings. The molecule has 1 aliphatic heterocycles. The highest BCUT2D eigenvalue weighted by Crippen LogP contribution is 2.18. The van der Waals surface area contributed by atoms with Gasteiger partial charge in [-0.05, 0) is 42.2 Å². The summed E-state index contributed by atoms with van der Waals surface area (Å²) in [6.45, 7) is 5.34. The number of anilines is 1. The second-order valence-electron chi connectivity index (χ2n) is 9.12. The number of carbonyl (C=O) groups excluding carboxylic acids is 3. The van der Waals surface area contributed by atoms with Crippen molar-refractivity contribution in [2.24, 2.45) is 5.92 Å². The summed E-state index contributed by atoms with van der Waals surface area (Å²) < 4.78 is 6.73. The summed E-state index contributed by atoms with van der Waals surface area (Å²) in [6.07, 6.45) is 0.729. The van der Waals surface area contributed by atoms with E-state index < -0.39 is 11.9 Å². The smallest absolute Gasteiger partial charge is 0.272 e. The van der Waals surface area contributed by atoms with Gasteiger partial charge in [0, 0.05) is 31.4 Å². The Balaban J connectivity index is 1.46. The van der Waals surface area contributed by atoms with Gasteiger partial charge < -0.3 is 20.3 Å². The van der Waals surface area contributed by atoms with E-state index in [0.717, 1.165) is 12.0 Å². The first-order valence-electron chi connectivity index (χ1n) is 12.0. The molecule has 9 heteroatoms. The molecule has 9 nitrogen and oxygen atoms in total. The Morgan fingerprint density at radius 2 is 1.78 bits per heavy atom. The number of benzene rings is 2. The molecule has 0 fully saturated rings. The van der Waals surface area contributed by atoms with Gasteiger partial charge in [0.05, 0.1) is 7.11 Å². The van der Waals surface area contributed by atoms with Crippen LogP contribution < -0.4 is 15.4 Å². The Morgan fingerprint density at radius 1 is 1.06 bits per heavy atom. The number of carbonyl (C=O) groups is 3. The Kier molecular flexibility index (Phi) is 7.68. The number of amides is 3. The molecule has 3 amide bonds. The quantitative estimate of drug-likeness (QED) is 0.505. The number of hydrogen-bond donors (Lipinski definition) is 2. The number of nitrogens with zero attached hydrogens (tertiary/aromatic N) is 3. The number of hydrogen-bond acceptors (Lipinski definition) is 5. The average Bonchev–Trinajstić information content (AvgIpc) is 3.25. The van der Waals surface area contributed by atoms with E-state index in [1.807, 2.05) is 44.2 Å². The van der Waals surface area contributed by atoms with E-state index >= 15 is 0 Å². The Morgan fingerprint density at radius 3 is 2.44 bits per heavy atom. The number of nitrogens with one attached hydrogen (secondary N) is 2. The van der Waals surface area contributed by atoms with Gasteiger partial charge in [0.25, 0.3) is 11.8 Å². The maximum Gasteiger partial charge on any atom is 0.272 e. The molecule has 0 spiro atoms. The molecule has 4 rings (SSSR count). The highest BCUT2D eigenvalue weighted by atomic mass is 16.5. The van der Waals surface area contributed by atoms with E-state index in [1.165, 1.54) is 6.07 Å². The summed E-state index contributed by atoms with van der Waals surface area (Å²) in [5, 5.41) is 10.0. The second-order valence-corrected chi connectivity index (χ2v) is 9.12. The summed E-state index contributed by atoms with van der Waals surface area (Å²) in [5.74, 6) is -0.495. The fourth-order valence-corrected chi connectivity index (χ4v) is 4.14. The van der Waals surface area contributed by atoms with Crippen LogP contribution in [0.3, 0.4) is 0 Å². The normalized spacial score (nSPS) is 14.1. The monoisotopic (exact) mass is 489 g/mol. The Labute approximate surface area is 210 Å². The van der Waals surface area contributed by atoms with E-state index in [4.69, 9.17) is 4.74 Å². The van der Waals surface area contributed by atoms with Crippen LogP contribution in [0.15, 0.2) is 60.7 Å². The first-order chi connectivity index (χ1) is 17.4. The van der Waals surface area contributed by atoms with E-state index in [1.54, 1.807) is 41.0 Å². The molecule has 1 atom stereocenters. The van der Waals surface area contributed by atoms with Crippen LogP contribution in [0.4, 0.5) is 5.69 Å². The molecule has 1 unspecified atom stereocenters. The fourth-order valence-electron chi connectivity index (χ4n) is 4.14. The van der Waals surface area contributed by atoms with Gasteiger partial charge in [-0.2, -0.15) is 5.10 Å². The van der Waals surface area contributed by atoms with E-state index in [2.05, 4.69) is 15.7 Å². The van der Waals surface area contributed by atoms with Gasteiger partial charge in [0.15, 0.2) is 5.69 Å². The molecule has 2 aromatic carbocycles. The first-order valence-corrected chi connectivity index (χ1v) is 12.0. The third-order valence-corrected chi connectivity index (χ3v) is 6.13. The van der Waals surface area contributed by atoms with Crippen LogP contribution in [0, 0.1) is 5.92 Å². The molecule has 2 N–H and O–H groups in total. The molecule has 0 saturated heterocycles. The van der Waals surface area contributed by atoms with Gasteiger partial charge in [-0.15, -0.1) is 0 Å². The molecule has 188 valence electrons.